The molecule has 0 bridgehead atoms. The van der Waals surface area contributed by atoms with Crippen molar-refractivity contribution in [2.75, 3.05) is 12.4 Å². The third kappa shape index (κ3) is 3.60. The Kier molecular flexibility index (Phi) is 4.93. The molecule has 2 aromatic heterocycles. The van der Waals surface area contributed by atoms with Crippen LogP contribution in [0.2, 0.25) is 0 Å². The fraction of sp³-hybridized carbons (Fsp3) is 0.273. The van der Waals surface area contributed by atoms with E-state index in [1.807, 2.05) is 0 Å². The average Bonchev–Trinajstić information content (AvgIpc) is 2.75. The van der Waals surface area contributed by atoms with Crippen molar-refractivity contribution in [1.29, 1.82) is 0 Å². The van der Waals surface area contributed by atoms with Crippen LogP contribution in [-0.4, -0.2) is 21.8 Å². The van der Waals surface area contributed by atoms with E-state index in [9.17, 15) is 17.6 Å². The monoisotopic (exact) mass is 310 g/mol. The van der Waals surface area contributed by atoms with Gasteiger partial charge in [0.1, 0.15) is 0 Å². The largest absolute Gasteiger partial charge is 0.436 e. The fourth-order valence-corrected chi connectivity index (χ4v) is 1.54. The van der Waals surface area contributed by atoms with Crippen LogP contribution in [0.1, 0.15) is 11.3 Å². The van der Waals surface area contributed by atoms with Crippen LogP contribution in [0, 0.1) is 5.82 Å². The number of halogens is 5. The van der Waals surface area contributed by atoms with Gasteiger partial charge in [-0.3, -0.25) is 4.68 Å². The number of hydrogen-bond donors (Lipinski definition) is 1. The maximum absolute atomic E-state index is 13.3. The first-order valence-electron chi connectivity index (χ1n) is 5.32. The molecular formula is C11H11ClF4N4. The van der Waals surface area contributed by atoms with Crippen LogP contribution >= 0.6 is 12.4 Å². The molecule has 0 atom stereocenters. The number of nitrogens with zero attached hydrogens (tertiary/aromatic N) is 3. The lowest BCUT2D eigenvalue weighted by Gasteiger charge is -2.08. The third-order valence-electron chi connectivity index (χ3n) is 2.43. The van der Waals surface area contributed by atoms with Crippen LogP contribution in [0.4, 0.5) is 23.2 Å². The molecule has 2 rings (SSSR count). The van der Waals surface area contributed by atoms with E-state index in [1.54, 1.807) is 19.4 Å². The first kappa shape index (κ1) is 16.2. The average molecular weight is 311 g/mol. The molecule has 0 radical (unpaired) electrons. The number of anilines is 1. The summed E-state index contributed by atoms with van der Waals surface area (Å²) in [6.07, 6.45) is -0.594. The smallest absolute Gasteiger partial charge is 0.386 e. The highest BCUT2D eigenvalue weighted by Gasteiger charge is 2.36. The Balaban J connectivity index is 0.00000200. The Labute approximate surface area is 118 Å². The van der Waals surface area contributed by atoms with Crippen molar-refractivity contribution in [2.45, 2.75) is 12.7 Å². The molecule has 0 aliphatic heterocycles. The molecule has 0 unspecified atom stereocenters. The van der Waals surface area contributed by atoms with E-state index in [-0.39, 0.29) is 19.0 Å². The van der Waals surface area contributed by atoms with Crippen molar-refractivity contribution < 1.29 is 17.6 Å². The first-order valence-corrected chi connectivity index (χ1v) is 5.32. The molecular weight excluding hydrogens is 300 g/mol. The minimum Gasteiger partial charge on any atom is -0.386 e. The molecule has 0 saturated heterocycles. The highest BCUT2D eigenvalue weighted by atomic mass is 35.5. The molecule has 2 heterocycles. The molecule has 0 aliphatic rings. The predicted molar refractivity (Wildman–Crippen MR) is 67.3 cm³/mol. The lowest BCUT2D eigenvalue weighted by molar-refractivity contribution is -0.143. The summed E-state index contributed by atoms with van der Waals surface area (Å²) in [5, 5.41) is 6.82. The molecule has 0 aromatic carbocycles. The SMILES string of the molecule is CNc1cnn(Cc2cnc(C(F)(F)F)c(F)c2)c1.Cl. The van der Waals surface area contributed by atoms with Gasteiger partial charge in [-0.1, -0.05) is 0 Å². The van der Waals surface area contributed by atoms with Gasteiger partial charge in [-0.25, -0.2) is 9.37 Å². The maximum Gasteiger partial charge on any atom is 0.436 e. The van der Waals surface area contributed by atoms with Crippen LogP contribution in [0.25, 0.3) is 0 Å². The summed E-state index contributed by atoms with van der Waals surface area (Å²) >= 11 is 0. The highest BCUT2D eigenvalue weighted by Crippen LogP contribution is 2.29. The molecule has 0 fully saturated rings. The van der Waals surface area contributed by atoms with Gasteiger partial charge in [0, 0.05) is 19.4 Å². The Morgan fingerprint density at radius 3 is 2.50 bits per heavy atom. The second-order valence-electron chi connectivity index (χ2n) is 3.85. The number of hydrogen-bond acceptors (Lipinski definition) is 3. The van der Waals surface area contributed by atoms with Gasteiger partial charge in [-0.05, 0) is 11.6 Å². The lowest BCUT2D eigenvalue weighted by Crippen LogP contribution is -2.12. The molecule has 4 nitrogen and oxygen atoms in total. The van der Waals surface area contributed by atoms with Crippen molar-refractivity contribution in [3.8, 4) is 0 Å². The molecule has 110 valence electrons. The highest BCUT2D eigenvalue weighted by molar-refractivity contribution is 5.85. The van der Waals surface area contributed by atoms with Crippen LogP contribution < -0.4 is 5.32 Å². The number of aromatic nitrogens is 3. The molecule has 0 spiro atoms. The van der Waals surface area contributed by atoms with Gasteiger partial charge in [-0.2, -0.15) is 18.3 Å². The van der Waals surface area contributed by atoms with Gasteiger partial charge in [-0.15, -0.1) is 12.4 Å². The van der Waals surface area contributed by atoms with E-state index >= 15 is 0 Å². The summed E-state index contributed by atoms with van der Waals surface area (Å²) < 4.78 is 51.7. The zero-order chi connectivity index (χ0) is 14.0. The Hall–Kier alpha value is -1.83. The lowest BCUT2D eigenvalue weighted by atomic mass is 10.2. The Morgan fingerprint density at radius 1 is 1.30 bits per heavy atom. The van der Waals surface area contributed by atoms with Gasteiger partial charge in [0.25, 0.3) is 0 Å². The van der Waals surface area contributed by atoms with Crippen LogP contribution in [0.3, 0.4) is 0 Å². The topological polar surface area (TPSA) is 42.7 Å². The zero-order valence-electron chi connectivity index (χ0n) is 10.3. The van der Waals surface area contributed by atoms with E-state index < -0.39 is 17.7 Å². The van der Waals surface area contributed by atoms with Gasteiger partial charge >= 0.3 is 6.18 Å². The van der Waals surface area contributed by atoms with Crippen LogP contribution in [-0.2, 0) is 12.7 Å². The normalized spacial score (nSPS) is 11.1. The summed E-state index contributed by atoms with van der Waals surface area (Å²) in [4.78, 5) is 3.12. The number of pyridine rings is 1. The van der Waals surface area contributed by atoms with E-state index in [0.29, 0.717) is 5.56 Å². The third-order valence-corrected chi connectivity index (χ3v) is 2.43. The van der Waals surface area contributed by atoms with Crippen molar-refractivity contribution in [2.24, 2.45) is 0 Å². The van der Waals surface area contributed by atoms with Crippen molar-refractivity contribution >= 4 is 18.1 Å². The van der Waals surface area contributed by atoms with E-state index in [4.69, 9.17) is 0 Å². The molecule has 9 heteroatoms. The Morgan fingerprint density at radius 2 is 2.00 bits per heavy atom. The summed E-state index contributed by atoms with van der Waals surface area (Å²) in [7, 11) is 1.71. The van der Waals surface area contributed by atoms with Gasteiger partial charge in [0.15, 0.2) is 11.5 Å². The van der Waals surface area contributed by atoms with Crippen molar-refractivity contribution in [3.63, 3.8) is 0 Å². The summed E-state index contributed by atoms with van der Waals surface area (Å²) in [6, 6.07) is 0.816. The van der Waals surface area contributed by atoms with Crippen LogP contribution in [0.5, 0.6) is 0 Å². The van der Waals surface area contributed by atoms with Gasteiger partial charge in [0.05, 0.1) is 18.4 Å². The minimum atomic E-state index is -4.78. The molecule has 1 N–H and O–H groups in total. The van der Waals surface area contributed by atoms with Crippen molar-refractivity contribution in [1.82, 2.24) is 14.8 Å². The van der Waals surface area contributed by atoms with Gasteiger partial charge in [0.2, 0.25) is 0 Å². The van der Waals surface area contributed by atoms with Crippen LogP contribution in [0.15, 0.2) is 24.7 Å². The van der Waals surface area contributed by atoms with E-state index in [1.165, 1.54) is 4.68 Å². The minimum absolute atomic E-state index is 0. The second-order valence-corrected chi connectivity index (χ2v) is 3.85. The van der Waals surface area contributed by atoms with Gasteiger partial charge < -0.3 is 5.32 Å². The zero-order valence-corrected chi connectivity index (χ0v) is 11.1. The predicted octanol–water partition coefficient (Wildman–Crippen LogP) is 2.95. The van der Waals surface area contributed by atoms with E-state index in [0.717, 1.165) is 18.0 Å². The quantitative estimate of drug-likeness (QED) is 0.886. The van der Waals surface area contributed by atoms with E-state index in [2.05, 4.69) is 15.4 Å². The first-order chi connectivity index (χ1) is 8.90. The standard InChI is InChI=1S/C11H10F4N4.ClH/c1-16-8-4-18-19(6-8)5-7-2-9(12)10(17-3-7)11(13,14)15;/h2-4,6,16H,5H2,1H3;1H. The number of nitrogens with one attached hydrogen (secondary N) is 1. The number of rotatable bonds is 3. The molecule has 2 aromatic rings. The number of alkyl halides is 3. The second kappa shape index (κ2) is 6.08. The summed E-state index contributed by atoms with van der Waals surface area (Å²) in [6.45, 7) is 0.143. The van der Waals surface area contributed by atoms with Crippen molar-refractivity contribution in [3.05, 3.63) is 41.7 Å². The molecule has 0 aliphatic carbocycles. The molecule has 0 saturated carbocycles. The maximum atomic E-state index is 13.3. The Bertz CT molecular complexity index is 582. The summed E-state index contributed by atoms with van der Waals surface area (Å²) in [5.74, 6) is -1.38. The fourth-order valence-electron chi connectivity index (χ4n) is 1.54. The summed E-state index contributed by atoms with van der Waals surface area (Å²) in [5.41, 5.74) is -0.454. The molecule has 0 amide bonds. The molecule has 20 heavy (non-hydrogen) atoms.